The minimum absolute atomic E-state index is 0.0564. The molecule has 1 unspecified atom stereocenters. The number of hydrazone groups is 1. The maximum absolute atomic E-state index is 13.1. The quantitative estimate of drug-likeness (QED) is 0.535. The molecule has 1 aliphatic heterocycles. The van der Waals surface area contributed by atoms with Gasteiger partial charge in [-0.05, 0) is 6.42 Å². The van der Waals surface area contributed by atoms with E-state index >= 15 is 0 Å². The third kappa shape index (κ3) is 3.59. The second-order valence-electron chi connectivity index (χ2n) is 3.76. The summed E-state index contributed by atoms with van der Waals surface area (Å²) in [6, 6.07) is 0. The van der Waals surface area contributed by atoms with Crippen molar-refractivity contribution in [3.63, 3.8) is 0 Å². The average molecular weight is 381 g/mol. The van der Waals surface area contributed by atoms with Gasteiger partial charge in [-0.3, -0.25) is 9.91 Å². The predicted molar refractivity (Wildman–Crippen MR) is 71.9 cm³/mol. The van der Waals surface area contributed by atoms with Crippen molar-refractivity contribution in [1.82, 2.24) is 9.91 Å². The van der Waals surface area contributed by atoms with E-state index < -0.39 is 20.6 Å². The van der Waals surface area contributed by atoms with Crippen LogP contribution >= 0.6 is 58.0 Å². The molecule has 19 heavy (non-hydrogen) atoms. The molecule has 0 N–H and O–H groups in total. The van der Waals surface area contributed by atoms with Crippen LogP contribution in [0.4, 0.5) is 13.2 Å². The van der Waals surface area contributed by atoms with Crippen LogP contribution in [0.5, 0.6) is 0 Å². The summed E-state index contributed by atoms with van der Waals surface area (Å²) in [5.74, 6) is 0. The summed E-state index contributed by atoms with van der Waals surface area (Å²) in [7, 11) is 0. The Labute approximate surface area is 133 Å². The summed E-state index contributed by atoms with van der Waals surface area (Å²) >= 11 is 28.1. The maximum Gasteiger partial charge on any atom is 0.429 e. The molecule has 0 aliphatic carbocycles. The van der Waals surface area contributed by atoms with Crippen LogP contribution in [-0.4, -0.2) is 43.4 Å². The molecule has 0 amide bonds. The number of hydrogen-bond donors (Lipinski definition) is 0. The first kappa shape index (κ1) is 17.6. The van der Waals surface area contributed by atoms with E-state index in [9.17, 15) is 13.2 Å². The standard InChI is InChI=1S/C8H9Cl5F3N3/c1-2-3-19-5(6(14,15)16)18(4-17-19)8(12,13)7(9,10)11/h4-5H,2-3H2,1H3. The van der Waals surface area contributed by atoms with Crippen molar-refractivity contribution in [3.8, 4) is 0 Å². The highest BCUT2D eigenvalue weighted by Crippen LogP contribution is 2.50. The van der Waals surface area contributed by atoms with Gasteiger partial charge in [0.15, 0.2) is 0 Å². The van der Waals surface area contributed by atoms with E-state index in [1.165, 1.54) is 0 Å². The fraction of sp³-hybridized carbons (Fsp3) is 0.875. The number of alkyl halides is 8. The molecule has 0 saturated heterocycles. The van der Waals surface area contributed by atoms with Crippen LogP contribution in [0.15, 0.2) is 5.10 Å². The van der Waals surface area contributed by atoms with Gasteiger partial charge in [0.1, 0.15) is 6.34 Å². The molecule has 0 aromatic carbocycles. The summed E-state index contributed by atoms with van der Waals surface area (Å²) in [5, 5.41) is 4.39. The fourth-order valence-electron chi connectivity index (χ4n) is 1.50. The minimum atomic E-state index is -4.67. The zero-order valence-corrected chi connectivity index (χ0v) is 13.2. The van der Waals surface area contributed by atoms with Crippen molar-refractivity contribution in [3.05, 3.63) is 0 Å². The van der Waals surface area contributed by atoms with E-state index in [2.05, 4.69) is 5.10 Å². The summed E-state index contributed by atoms with van der Waals surface area (Å²) in [5.41, 5.74) is 0. The molecule has 0 bridgehead atoms. The summed E-state index contributed by atoms with van der Waals surface area (Å²) in [6.45, 7) is 1.76. The van der Waals surface area contributed by atoms with Crippen molar-refractivity contribution in [2.75, 3.05) is 6.54 Å². The molecular formula is C8H9Cl5F3N3. The highest BCUT2D eigenvalue weighted by Gasteiger charge is 2.60. The van der Waals surface area contributed by atoms with Gasteiger partial charge in [0.25, 0.3) is 0 Å². The summed E-state index contributed by atoms with van der Waals surface area (Å²) in [4.78, 5) is 0.471. The normalized spacial score (nSPS) is 21.4. The van der Waals surface area contributed by atoms with E-state index in [-0.39, 0.29) is 6.54 Å². The van der Waals surface area contributed by atoms with Crippen LogP contribution in [0.3, 0.4) is 0 Å². The van der Waals surface area contributed by atoms with Crippen LogP contribution in [0.2, 0.25) is 0 Å². The minimum Gasteiger partial charge on any atom is -0.296 e. The molecule has 0 saturated carbocycles. The molecule has 0 aromatic heterocycles. The van der Waals surface area contributed by atoms with Gasteiger partial charge >= 0.3 is 6.18 Å². The Morgan fingerprint density at radius 2 is 1.68 bits per heavy atom. The highest BCUT2D eigenvalue weighted by atomic mass is 35.6. The molecule has 0 fully saturated rings. The zero-order chi connectivity index (χ0) is 15.1. The second-order valence-corrected chi connectivity index (χ2v) is 7.32. The van der Waals surface area contributed by atoms with Crippen molar-refractivity contribution >= 4 is 64.3 Å². The third-order valence-electron chi connectivity index (χ3n) is 2.28. The van der Waals surface area contributed by atoms with Gasteiger partial charge in [-0.25, -0.2) is 0 Å². The Hall–Kier alpha value is 0.510. The topological polar surface area (TPSA) is 18.8 Å². The predicted octanol–water partition coefficient (Wildman–Crippen LogP) is 4.35. The van der Waals surface area contributed by atoms with E-state index in [1.807, 2.05) is 0 Å². The van der Waals surface area contributed by atoms with Crippen molar-refractivity contribution < 1.29 is 13.2 Å². The smallest absolute Gasteiger partial charge is 0.296 e. The summed E-state index contributed by atoms with van der Waals surface area (Å²) in [6.07, 6.45) is -5.59. The fourth-order valence-corrected chi connectivity index (χ4v) is 2.07. The first-order chi connectivity index (χ1) is 8.43. The van der Waals surface area contributed by atoms with Crippen molar-refractivity contribution in [2.24, 2.45) is 5.10 Å². The second kappa shape index (κ2) is 5.72. The van der Waals surface area contributed by atoms with Crippen LogP contribution in [-0.2, 0) is 0 Å². The van der Waals surface area contributed by atoms with Gasteiger partial charge in [-0.1, -0.05) is 64.9 Å². The van der Waals surface area contributed by atoms with Gasteiger partial charge in [-0.15, -0.1) is 0 Å². The first-order valence-electron chi connectivity index (χ1n) is 5.03. The maximum atomic E-state index is 13.1. The molecule has 112 valence electrons. The molecule has 3 nitrogen and oxygen atoms in total. The van der Waals surface area contributed by atoms with Gasteiger partial charge < -0.3 is 0 Å². The van der Waals surface area contributed by atoms with E-state index in [1.54, 1.807) is 6.92 Å². The largest absolute Gasteiger partial charge is 0.429 e. The van der Waals surface area contributed by atoms with E-state index in [0.717, 1.165) is 11.3 Å². The van der Waals surface area contributed by atoms with Crippen LogP contribution in [0.1, 0.15) is 13.3 Å². The number of hydrogen-bond acceptors (Lipinski definition) is 3. The van der Waals surface area contributed by atoms with E-state index in [4.69, 9.17) is 58.0 Å². The third-order valence-corrected chi connectivity index (χ3v) is 4.64. The lowest BCUT2D eigenvalue weighted by Crippen LogP contribution is -2.59. The Kier molecular flexibility index (Phi) is 5.28. The molecule has 1 atom stereocenters. The van der Waals surface area contributed by atoms with Gasteiger partial charge in [-0.2, -0.15) is 18.3 Å². The number of rotatable bonds is 3. The Balaban J connectivity index is 3.11. The Bertz CT molecular complexity index is 355. The van der Waals surface area contributed by atoms with Crippen LogP contribution in [0.25, 0.3) is 0 Å². The summed E-state index contributed by atoms with van der Waals surface area (Å²) < 4.78 is 34.5. The van der Waals surface area contributed by atoms with Crippen LogP contribution in [0, 0.1) is 0 Å². The lowest BCUT2D eigenvalue weighted by atomic mass is 10.3. The first-order valence-corrected chi connectivity index (χ1v) is 6.92. The molecule has 1 heterocycles. The molecule has 1 aliphatic rings. The molecule has 0 spiro atoms. The Morgan fingerprint density at radius 3 is 2.05 bits per heavy atom. The SMILES string of the molecule is CCCN1N=CN(C(Cl)(Cl)C(Cl)(Cl)Cl)C1C(F)(F)F. The zero-order valence-electron chi connectivity index (χ0n) is 9.43. The molecule has 1 rings (SSSR count). The highest BCUT2D eigenvalue weighted by molar-refractivity contribution is 6.75. The van der Waals surface area contributed by atoms with Gasteiger partial charge in [0.2, 0.25) is 14.4 Å². The Morgan fingerprint density at radius 1 is 1.16 bits per heavy atom. The van der Waals surface area contributed by atoms with Gasteiger partial charge in [0, 0.05) is 6.54 Å². The lowest BCUT2D eigenvalue weighted by Gasteiger charge is -2.41. The monoisotopic (exact) mass is 379 g/mol. The average Bonchev–Trinajstić information content (AvgIpc) is 2.60. The lowest BCUT2D eigenvalue weighted by molar-refractivity contribution is -0.210. The molecule has 0 aromatic rings. The van der Waals surface area contributed by atoms with E-state index in [0.29, 0.717) is 11.3 Å². The molecule has 0 radical (unpaired) electrons. The molecular weight excluding hydrogens is 372 g/mol. The van der Waals surface area contributed by atoms with Gasteiger partial charge in [0.05, 0.1) is 0 Å². The van der Waals surface area contributed by atoms with Crippen LogP contribution < -0.4 is 0 Å². The van der Waals surface area contributed by atoms with Crippen molar-refractivity contribution in [1.29, 1.82) is 0 Å². The number of nitrogens with zero attached hydrogens (tertiary/aromatic N) is 3. The molecule has 11 heteroatoms. The van der Waals surface area contributed by atoms with Crippen molar-refractivity contribution in [2.45, 2.75) is 33.9 Å². The number of halogens is 8.